The van der Waals surface area contributed by atoms with Crippen LogP contribution in [0.3, 0.4) is 0 Å². The summed E-state index contributed by atoms with van der Waals surface area (Å²) >= 11 is 0. The van der Waals surface area contributed by atoms with Gasteiger partial charge < -0.3 is 19.3 Å². The van der Waals surface area contributed by atoms with Crippen LogP contribution >= 0.6 is 0 Å². The number of para-hydroxylation sites is 1. The summed E-state index contributed by atoms with van der Waals surface area (Å²) in [6.45, 7) is 1.91. The van der Waals surface area contributed by atoms with Crippen molar-refractivity contribution in [3.8, 4) is 23.0 Å². The predicted octanol–water partition coefficient (Wildman–Crippen LogP) is 4.87. The molecule has 5 nitrogen and oxygen atoms in total. The van der Waals surface area contributed by atoms with Gasteiger partial charge in [0.15, 0.2) is 11.5 Å². The van der Waals surface area contributed by atoms with Gasteiger partial charge in [-0.1, -0.05) is 42.5 Å². The number of phenols is 1. The normalized spacial score (nSPS) is 10.4. The van der Waals surface area contributed by atoms with E-state index >= 15 is 0 Å². The molecule has 0 spiro atoms. The quantitative estimate of drug-likeness (QED) is 0.548. The molecule has 3 rings (SSSR count). The van der Waals surface area contributed by atoms with E-state index in [4.69, 9.17) is 14.2 Å². The molecule has 0 unspecified atom stereocenters. The predicted molar refractivity (Wildman–Crippen MR) is 89.8 cm³/mol. The number of carbonyl (C=O) groups excluding carboxylic acids is 1. The molecule has 0 aliphatic heterocycles. The first-order valence-corrected chi connectivity index (χ1v) is 7.51. The Morgan fingerprint density at radius 1 is 0.958 bits per heavy atom. The van der Waals surface area contributed by atoms with Gasteiger partial charge >= 0.3 is 6.16 Å². The van der Waals surface area contributed by atoms with Crippen molar-refractivity contribution in [3.05, 3.63) is 60.7 Å². The minimum absolute atomic E-state index is 0.0225. The lowest BCUT2D eigenvalue weighted by molar-refractivity contribution is 0.105. The van der Waals surface area contributed by atoms with Gasteiger partial charge in [-0.15, -0.1) is 0 Å². The molecule has 3 aromatic carbocycles. The standard InChI is InChI=1S/C19H16O5/c1-2-22-19(21)24-16-12-17(23-13-8-4-3-5-9-13)18(20)15-11-7-6-10-14(15)16/h3-12,20H,2H2,1H3. The Hall–Kier alpha value is -3.21. The molecule has 0 aliphatic rings. The Bertz CT molecular complexity index is 858. The lowest BCUT2D eigenvalue weighted by Gasteiger charge is -2.13. The van der Waals surface area contributed by atoms with E-state index in [1.54, 1.807) is 43.3 Å². The minimum Gasteiger partial charge on any atom is -0.504 e. The molecule has 24 heavy (non-hydrogen) atoms. The zero-order valence-electron chi connectivity index (χ0n) is 13.1. The third kappa shape index (κ3) is 3.25. The molecule has 0 aliphatic carbocycles. The summed E-state index contributed by atoms with van der Waals surface area (Å²) in [6.07, 6.45) is -0.806. The average molecular weight is 324 g/mol. The van der Waals surface area contributed by atoms with Gasteiger partial charge in [0.05, 0.1) is 6.61 Å². The Kier molecular flexibility index (Phi) is 4.52. The number of hydrogen-bond acceptors (Lipinski definition) is 5. The van der Waals surface area contributed by atoms with E-state index in [0.717, 1.165) is 0 Å². The Morgan fingerprint density at radius 2 is 1.62 bits per heavy atom. The number of aromatic hydroxyl groups is 1. The molecule has 0 saturated carbocycles. The van der Waals surface area contributed by atoms with Crippen molar-refractivity contribution in [2.24, 2.45) is 0 Å². The molecule has 1 N–H and O–H groups in total. The summed E-state index contributed by atoms with van der Waals surface area (Å²) in [6, 6.07) is 17.5. The van der Waals surface area contributed by atoms with Crippen LogP contribution in [0.25, 0.3) is 10.8 Å². The smallest absolute Gasteiger partial charge is 0.504 e. The molecule has 0 amide bonds. The van der Waals surface area contributed by atoms with E-state index in [9.17, 15) is 9.90 Å². The fourth-order valence-electron chi connectivity index (χ4n) is 2.32. The van der Waals surface area contributed by atoms with Crippen LogP contribution in [0.2, 0.25) is 0 Å². The zero-order valence-corrected chi connectivity index (χ0v) is 13.1. The van der Waals surface area contributed by atoms with E-state index in [2.05, 4.69) is 0 Å². The van der Waals surface area contributed by atoms with Crippen LogP contribution in [0.5, 0.6) is 23.0 Å². The largest absolute Gasteiger partial charge is 0.513 e. The van der Waals surface area contributed by atoms with Crippen molar-refractivity contribution in [3.63, 3.8) is 0 Å². The first kappa shape index (κ1) is 15.7. The molecule has 0 fully saturated rings. The summed E-state index contributed by atoms with van der Waals surface area (Å²) in [4.78, 5) is 11.7. The average Bonchev–Trinajstić information content (AvgIpc) is 2.60. The van der Waals surface area contributed by atoms with Crippen LogP contribution in [-0.2, 0) is 4.74 Å². The second-order valence-electron chi connectivity index (χ2n) is 4.97. The first-order chi connectivity index (χ1) is 11.7. The molecule has 3 aromatic rings. The van der Waals surface area contributed by atoms with Crippen molar-refractivity contribution in [2.75, 3.05) is 6.61 Å². The summed E-state index contributed by atoms with van der Waals surface area (Å²) in [5.74, 6) is 0.989. The molecule has 0 bridgehead atoms. The highest BCUT2D eigenvalue weighted by Crippen LogP contribution is 2.42. The van der Waals surface area contributed by atoms with Gasteiger partial charge in [-0.05, 0) is 19.1 Å². The first-order valence-electron chi connectivity index (χ1n) is 7.51. The fourth-order valence-corrected chi connectivity index (χ4v) is 2.32. The molecular weight excluding hydrogens is 308 g/mol. The number of fused-ring (bicyclic) bond motifs is 1. The van der Waals surface area contributed by atoms with Crippen LogP contribution < -0.4 is 9.47 Å². The molecule has 5 heteroatoms. The summed E-state index contributed by atoms with van der Waals surface area (Å²) in [7, 11) is 0. The number of ether oxygens (including phenoxy) is 3. The minimum atomic E-state index is -0.806. The molecule has 0 radical (unpaired) electrons. The van der Waals surface area contributed by atoms with Crippen molar-refractivity contribution in [2.45, 2.75) is 6.92 Å². The van der Waals surface area contributed by atoms with Gasteiger partial charge in [0.1, 0.15) is 11.5 Å². The van der Waals surface area contributed by atoms with Crippen LogP contribution in [0.15, 0.2) is 60.7 Å². The molecule has 0 saturated heterocycles. The zero-order chi connectivity index (χ0) is 16.9. The number of phenolic OH excluding ortho intramolecular Hbond substituents is 1. The summed E-state index contributed by atoms with van der Waals surface area (Å²) < 4.78 is 15.8. The monoisotopic (exact) mass is 324 g/mol. The van der Waals surface area contributed by atoms with Crippen LogP contribution in [0, 0.1) is 0 Å². The molecule has 122 valence electrons. The Balaban J connectivity index is 2.06. The number of hydrogen-bond donors (Lipinski definition) is 1. The third-order valence-corrected chi connectivity index (χ3v) is 3.37. The van der Waals surface area contributed by atoms with Crippen molar-refractivity contribution in [1.82, 2.24) is 0 Å². The van der Waals surface area contributed by atoms with E-state index < -0.39 is 6.16 Å². The lowest BCUT2D eigenvalue weighted by atomic mass is 10.1. The molecule has 0 heterocycles. The van der Waals surface area contributed by atoms with Crippen molar-refractivity contribution < 1.29 is 24.1 Å². The van der Waals surface area contributed by atoms with E-state index in [1.807, 2.05) is 18.2 Å². The Morgan fingerprint density at radius 3 is 2.33 bits per heavy atom. The van der Waals surface area contributed by atoms with E-state index in [1.165, 1.54) is 6.07 Å². The topological polar surface area (TPSA) is 65.0 Å². The Labute approximate surface area is 139 Å². The SMILES string of the molecule is CCOC(=O)Oc1cc(Oc2ccccc2)c(O)c2ccccc12. The van der Waals surface area contributed by atoms with E-state index in [0.29, 0.717) is 16.5 Å². The number of rotatable bonds is 4. The maximum atomic E-state index is 11.7. The maximum absolute atomic E-state index is 11.7. The van der Waals surface area contributed by atoms with Gasteiger partial charge in [0, 0.05) is 16.8 Å². The van der Waals surface area contributed by atoms with Gasteiger partial charge in [-0.2, -0.15) is 0 Å². The highest BCUT2D eigenvalue weighted by atomic mass is 16.7. The highest BCUT2D eigenvalue weighted by Gasteiger charge is 2.16. The molecular formula is C19H16O5. The second-order valence-corrected chi connectivity index (χ2v) is 4.97. The third-order valence-electron chi connectivity index (χ3n) is 3.37. The molecule has 0 atom stereocenters. The van der Waals surface area contributed by atoms with Crippen LogP contribution in [0.4, 0.5) is 4.79 Å². The van der Waals surface area contributed by atoms with Gasteiger partial charge in [0.2, 0.25) is 0 Å². The van der Waals surface area contributed by atoms with Gasteiger partial charge in [-0.25, -0.2) is 4.79 Å². The lowest BCUT2D eigenvalue weighted by Crippen LogP contribution is -2.10. The van der Waals surface area contributed by atoms with Crippen LogP contribution in [-0.4, -0.2) is 17.9 Å². The van der Waals surface area contributed by atoms with E-state index in [-0.39, 0.29) is 23.9 Å². The maximum Gasteiger partial charge on any atom is 0.513 e. The number of carbonyl (C=O) groups is 1. The van der Waals surface area contributed by atoms with Crippen LogP contribution in [0.1, 0.15) is 6.92 Å². The number of benzene rings is 3. The second kappa shape index (κ2) is 6.91. The van der Waals surface area contributed by atoms with Gasteiger partial charge in [0.25, 0.3) is 0 Å². The summed E-state index contributed by atoms with van der Waals surface area (Å²) in [5.41, 5.74) is 0. The van der Waals surface area contributed by atoms with Crippen molar-refractivity contribution in [1.29, 1.82) is 0 Å². The summed E-state index contributed by atoms with van der Waals surface area (Å²) in [5, 5.41) is 11.6. The van der Waals surface area contributed by atoms with Gasteiger partial charge in [-0.3, -0.25) is 0 Å². The van der Waals surface area contributed by atoms with Crippen molar-refractivity contribution >= 4 is 16.9 Å². The fraction of sp³-hybridized carbons (Fsp3) is 0.105. The highest BCUT2D eigenvalue weighted by molar-refractivity contribution is 5.96. The molecule has 0 aromatic heterocycles.